The molecule has 0 spiro atoms. The summed E-state index contributed by atoms with van der Waals surface area (Å²) < 4.78 is 0. The molecule has 0 saturated carbocycles. The predicted molar refractivity (Wildman–Crippen MR) is 75.6 cm³/mol. The molecule has 1 saturated heterocycles. The minimum Gasteiger partial charge on any atom is -0.317 e. The lowest BCUT2D eigenvalue weighted by Crippen LogP contribution is -2.44. The van der Waals surface area contributed by atoms with Crippen LogP contribution < -0.4 is 5.32 Å². The molecule has 3 rings (SSSR count). The van der Waals surface area contributed by atoms with Crippen LogP contribution in [0.15, 0.2) is 24.3 Å². The van der Waals surface area contributed by atoms with Gasteiger partial charge in [0.05, 0.1) is 0 Å². The van der Waals surface area contributed by atoms with E-state index in [4.69, 9.17) is 0 Å². The Bertz CT molecular complexity index is 407. The van der Waals surface area contributed by atoms with Crippen LogP contribution in [0.4, 0.5) is 0 Å². The number of hydrogen-bond donors (Lipinski definition) is 1. The van der Waals surface area contributed by atoms with Crippen molar-refractivity contribution in [3.63, 3.8) is 0 Å². The van der Waals surface area contributed by atoms with Crippen LogP contribution >= 0.6 is 0 Å². The van der Waals surface area contributed by atoms with Gasteiger partial charge in [-0.05, 0) is 48.9 Å². The standard InChI is InChI=1S/C16H24N2/c1-16(7-9-17-10-8-16)13-18-11-6-14-4-2-3-5-15(14)12-18/h2-5,17H,6-13H2,1H3. The highest BCUT2D eigenvalue weighted by Gasteiger charge is 2.30. The fourth-order valence-corrected chi connectivity index (χ4v) is 3.42. The lowest BCUT2D eigenvalue weighted by molar-refractivity contribution is 0.119. The number of nitrogens with one attached hydrogen (secondary N) is 1. The highest BCUT2D eigenvalue weighted by atomic mass is 15.1. The van der Waals surface area contributed by atoms with Gasteiger partial charge in [-0.1, -0.05) is 31.2 Å². The summed E-state index contributed by atoms with van der Waals surface area (Å²) in [5.41, 5.74) is 3.63. The minimum atomic E-state index is 0.525. The first-order valence-electron chi connectivity index (χ1n) is 7.25. The molecule has 98 valence electrons. The molecule has 1 fully saturated rings. The van der Waals surface area contributed by atoms with Gasteiger partial charge in [-0.2, -0.15) is 0 Å². The summed E-state index contributed by atoms with van der Waals surface area (Å²) in [6, 6.07) is 8.93. The molecule has 1 aromatic carbocycles. The molecule has 2 aliphatic rings. The molecular formula is C16H24N2. The van der Waals surface area contributed by atoms with Crippen LogP contribution in [-0.2, 0) is 13.0 Å². The van der Waals surface area contributed by atoms with Gasteiger partial charge in [-0.15, -0.1) is 0 Å². The predicted octanol–water partition coefficient (Wildman–Crippen LogP) is 2.43. The maximum atomic E-state index is 3.47. The molecule has 0 radical (unpaired) electrons. The van der Waals surface area contributed by atoms with E-state index in [1.54, 1.807) is 11.1 Å². The Morgan fingerprint density at radius 3 is 2.67 bits per heavy atom. The third kappa shape index (κ3) is 2.60. The van der Waals surface area contributed by atoms with Crippen LogP contribution in [0.1, 0.15) is 30.9 Å². The summed E-state index contributed by atoms with van der Waals surface area (Å²) in [5, 5.41) is 3.47. The number of benzene rings is 1. The van der Waals surface area contributed by atoms with Gasteiger partial charge >= 0.3 is 0 Å². The highest BCUT2D eigenvalue weighted by molar-refractivity contribution is 5.29. The van der Waals surface area contributed by atoms with Gasteiger partial charge in [-0.3, -0.25) is 4.90 Å². The molecular weight excluding hydrogens is 220 g/mol. The van der Waals surface area contributed by atoms with Crippen molar-refractivity contribution in [1.82, 2.24) is 10.2 Å². The van der Waals surface area contributed by atoms with E-state index in [9.17, 15) is 0 Å². The van der Waals surface area contributed by atoms with E-state index in [1.807, 2.05) is 0 Å². The van der Waals surface area contributed by atoms with Crippen molar-refractivity contribution in [2.45, 2.75) is 32.7 Å². The molecule has 1 N–H and O–H groups in total. The van der Waals surface area contributed by atoms with Gasteiger partial charge in [0.15, 0.2) is 0 Å². The quantitative estimate of drug-likeness (QED) is 0.859. The molecule has 0 atom stereocenters. The van der Waals surface area contributed by atoms with E-state index in [0.29, 0.717) is 5.41 Å². The van der Waals surface area contributed by atoms with Gasteiger partial charge in [0.2, 0.25) is 0 Å². The molecule has 2 heterocycles. The Kier molecular flexibility index (Phi) is 3.40. The zero-order chi connectivity index (χ0) is 12.4. The van der Waals surface area contributed by atoms with Gasteiger partial charge in [-0.25, -0.2) is 0 Å². The smallest absolute Gasteiger partial charge is 0.0236 e. The lowest BCUT2D eigenvalue weighted by Gasteiger charge is -2.40. The van der Waals surface area contributed by atoms with E-state index >= 15 is 0 Å². The molecule has 2 aliphatic heterocycles. The molecule has 0 unspecified atom stereocenters. The molecule has 1 aromatic rings. The van der Waals surface area contributed by atoms with E-state index in [2.05, 4.69) is 41.4 Å². The zero-order valence-electron chi connectivity index (χ0n) is 11.4. The van der Waals surface area contributed by atoms with E-state index in [-0.39, 0.29) is 0 Å². The monoisotopic (exact) mass is 244 g/mol. The van der Waals surface area contributed by atoms with Crippen LogP contribution in [0, 0.1) is 5.41 Å². The van der Waals surface area contributed by atoms with E-state index in [0.717, 1.165) is 6.54 Å². The summed E-state index contributed by atoms with van der Waals surface area (Å²) in [5.74, 6) is 0. The average molecular weight is 244 g/mol. The van der Waals surface area contributed by atoms with Crippen LogP contribution in [0.3, 0.4) is 0 Å². The van der Waals surface area contributed by atoms with Crippen LogP contribution in [-0.4, -0.2) is 31.1 Å². The number of piperidine rings is 1. The number of nitrogens with zero attached hydrogens (tertiary/aromatic N) is 1. The normalized spacial score (nSPS) is 23.6. The maximum absolute atomic E-state index is 3.47. The van der Waals surface area contributed by atoms with E-state index in [1.165, 1.54) is 45.4 Å². The average Bonchev–Trinajstić information content (AvgIpc) is 2.39. The molecule has 18 heavy (non-hydrogen) atoms. The van der Waals surface area contributed by atoms with Gasteiger partial charge in [0.1, 0.15) is 0 Å². The molecule has 0 bridgehead atoms. The fourth-order valence-electron chi connectivity index (χ4n) is 3.42. The van der Waals surface area contributed by atoms with Crippen molar-refractivity contribution in [2.24, 2.45) is 5.41 Å². The second-order valence-corrected chi connectivity index (χ2v) is 6.29. The van der Waals surface area contributed by atoms with Crippen molar-refractivity contribution in [3.8, 4) is 0 Å². The Morgan fingerprint density at radius 1 is 1.17 bits per heavy atom. The van der Waals surface area contributed by atoms with Gasteiger partial charge in [0.25, 0.3) is 0 Å². The third-order valence-electron chi connectivity index (χ3n) is 4.63. The minimum absolute atomic E-state index is 0.525. The summed E-state index contributed by atoms with van der Waals surface area (Å²) in [6.45, 7) is 8.51. The maximum Gasteiger partial charge on any atom is 0.0236 e. The molecule has 0 aliphatic carbocycles. The molecule has 2 heteroatoms. The van der Waals surface area contributed by atoms with Crippen molar-refractivity contribution in [2.75, 3.05) is 26.2 Å². The summed E-state index contributed by atoms with van der Waals surface area (Å²) >= 11 is 0. The van der Waals surface area contributed by atoms with Crippen molar-refractivity contribution in [3.05, 3.63) is 35.4 Å². The zero-order valence-corrected chi connectivity index (χ0v) is 11.4. The largest absolute Gasteiger partial charge is 0.317 e. The highest BCUT2D eigenvalue weighted by Crippen LogP contribution is 2.31. The Morgan fingerprint density at radius 2 is 1.89 bits per heavy atom. The van der Waals surface area contributed by atoms with Crippen molar-refractivity contribution >= 4 is 0 Å². The number of hydrogen-bond acceptors (Lipinski definition) is 2. The summed E-state index contributed by atoms with van der Waals surface area (Å²) in [7, 11) is 0. The van der Waals surface area contributed by atoms with Gasteiger partial charge < -0.3 is 5.32 Å². The first kappa shape index (κ1) is 12.2. The van der Waals surface area contributed by atoms with Crippen LogP contribution in [0.2, 0.25) is 0 Å². The first-order chi connectivity index (χ1) is 8.75. The summed E-state index contributed by atoms with van der Waals surface area (Å²) in [4.78, 5) is 2.66. The van der Waals surface area contributed by atoms with Crippen LogP contribution in [0.25, 0.3) is 0 Å². The lowest BCUT2D eigenvalue weighted by atomic mass is 9.80. The number of fused-ring (bicyclic) bond motifs is 1. The molecule has 0 aromatic heterocycles. The van der Waals surface area contributed by atoms with Crippen molar-refractivity contribution < 1.29 is 0 Å². The Labute approximate surface area is 110 Å². The van der Waals surface area contributed by atoms with Crippen LogP contribution in [0.5, 0.6) is 0 Å². The Balaban J connectivity index is 1.65. The van der Waals surface area contributed by atoms with E-state index < -0.39 is 0 Å². The fraction of sp³-hybridized carbons (Fsp3) is 0.625. The SMILES string of the molecule is CC1(CN2CCc3ccccc3C2)CCNCC1. The molecule has 0 amide bonds. The van der Waals surface area contributed by atoms with Gasteiger partial charge in [0, 0.05) is 19.6 Å². The Hall–Kier alpha value is -0.860. The number of rotatable bonds is 2. The summed E-state index contributed by atoms with van der Waals surface area (Å²) in [6.07, 6.45) is 3.88. The second-order valence-electron chi connectivity index (χ2n) is 6.29. The first-order valence-corrected chi connectivity index (χ1v) is 7.25. The molecule has 2 nitrogen and oxygen atoms in total. The topological polar surface area (TPSA) is 15.3 Å². The van der Waals surface area contributed by atoms with Crippen molar-refractivity contribution in [1.29, 1.82) is 0 Å². The third-order valence-corrected chi connectivity index (χ3v) is 4.63. The second kappa shape index (κ2) is 5.02.